The van der Waals surface area contributed by atoms with E-state index in [1.54, 1.807) is 6.92 Å². The van der Waals surface area contributed by atoms with E-state index in [0.717, 1.165) is 24.9 Å². The van der Waals surface area contributed by atoms with Crippen LogP contribution in [0.1, 0.15) is 38.2 Å². The van der Waals surface area contributed by atoms with Crippen LogP contribution in [0.25, 0.3) is 0 Å². The molecule has 1 aromatic carbocycles. The van der Waals surface area contributed by atoms with E-state index >= 15 is 0 Å². The van der Waals surface area contributed by atoms with Crippen molar-refractivity contribution < 1.29 is 19.4 Å². The number of hydrogen-bond donors (Lipinski definition) is 2. The van der Waals surface area contributed by atoms with Crippen LogP contribution in [-0.2, 0) is 9.59 Å². The fraction of sp³-hybridized carbons (Fsp3) is 0.600. The molecular formula is C20H28N2O4. The van der Waals surface area contributed by atoms with Crippen molar-refractivity contribution in [1.29, 1.82) is 0 Å². The minimum absolute atomic E-state index is 0.0920. The maximum Gasteiger partial charge on any atom is 0.317 e. The average molecular weight is 360 g/mol. The van der Waals surface area contributed by atoms with Crippen LogP contribution in [0.4, 0.5) is 0 Å². The van der Waals surface area contributed by atoms with Gasteiger partial charge in [-0.2, -0.15) is 0 Å². The van der Waals surface area contributed by atoms with Crippen molar-refractivity contribution in [3.8, 4) is 5.75 Å². The Kier molecular flexibility index (Phi) is 5.81. The lowest BCUT2D eigenvalue weighted by atomic mass is 9.85. The Balaban J connectivity index is 1.43. The second-order valence-electron chi connectivity index (χ2n) is 7.67. The number of aryl methyl sites for hydroxylation is 1. The summed E-state index contributed by atoms with van der Waals surface area (Å²) in [5, 5.41) is 12.1. The first-order chi connectivity index (χ1) is 12.4. The van der Waals surface area contributed by atoms with Gasteiger partial charge >= 0.3 is 5.97 Å². The molecule has 6 nitrogen and oxygen atoms in total. The van der Waals surface area contributed by atoms with Crippen LogP contribution in [0, 0.1) is 12.8 Å². The van der Waals surface area contributed by atoms with E-state index in [4.69, 9.17) is 9.84 Å². The van der Waals surface area contributed by atoms with E-state index < -0.39 is 12.1 Å². The Morgan fingerprint density at radius 1 is 1.35 bits per heavy atom. The van der Waals surface area contributed by atoms with Crippen LogP contribution in [0.15, 0.2) is 24.3 Å². The molecule has 0 aliphatic heterocycles. The van der Waals surface area contributed by atoms with Crippen molar-refractivity contribution in [1.82, 2.24) is 10.2 Å². The normalized spacial score (nSPS) is 23.2. The van der Waals surface area contributed by atoms with Crippen LogP contribution in [0.5, 0.6) is 5.75 Å². The summed E-state index contributed by atoms with van der Waals surface area (Å²) in [5.74, 6) is 0.446. The van der Waals surface area contributed by atoms with Gasteiger partial charge in [-0.05, 0) is 63.1 Å². The zero-order valence-electron chi connectivity index (χ0n) is 15.5. The number of carboxylic acid groups (broad SMARTS) is 1. The third kappa shape index (κ3) is 5.21. The molecule has 26 heavy (non-hydrogen) atoms. The Labute approximate surface area is 154 Å². The molecule has 142 valence electrons. The van der Waals surface area contributed by atoms with Crippen molar-refractivity contribution in [2.75, 3.05) is 13.1 Å². The lowest BCUT2D eigenvalue weighted by molar-refractivity contribution is -0.140. The molecule has 1 amide bonds. The Morgan fingerprint density at radius 2 is 2.08 bits per heavy atom. The second kappa shape index (κ2) is 8.08. The Morgan fingerprint density at radius 3 is 2.69 bits per heavy atom. The number of aliphatic carboxylic acids is 1. The van der Waals surface area contributed by atoms with Gasteiger partial charge in [-0.25, -0.2) is 0 Å². The second-order valence-corrected chi connectivity index (χ2v) is 7.67. The van der Waals surface area contributed by atoms with Crippen LogP contribution < -0.4 is 10.1 Å². The number of rotatable bonds is 9. The highest BCUT2D eigenvalue weighted by Crippen LogP contribution is 2.33. The first kappa shape index (κ1) is 18.7. The monoisotopic (exact) mass is 360 g/mol. The quantitative estimate of drug-likeness (QED) is 0.706. The van der Waals surface area contributed by atoms with E-state index in [9.17, 15) is 9.59 Å². The molecule has 2 N–H and O–H groups in total. The molecule has 6 heteroatoms. The summed E-state index contributed by atoms with van der Waals surface area (Å²) in [6, 6.07) is 8.00. The van der Waals surface area contributed by atoms with Gasteiger partial charge in [0.05, 0.1) is 6.54 Å². The van der Waals surface area contributed by atoms with Crippen molar-refractivity contribution in [2.45, 2.75) is 57.7 Å². The molecule has 0 spiro atoms. The number of nitrogens with one attached hydrogen (secondary N) is 1. The molecule has 2 aliphatic rings. The van der Waals surface area contributed by atoms with Gasteiger partial charge in [0, 0.05) is 18.6 Å². The number of nitrogens with zero attached hydrogens (tertiary/aromatic N) is 1. The summed E-state index contributed by atoms with van der Waals surface area (Å²) in [6.45, 7) is 4.69. The number of amides is 1. The van der Waals surface area contributed by atoms with Gasteiger partial charge in [-0.15, -0.1) is 0 Å². The van der Waals surface area contributed by atoms with Gasteiger partial charge in [0.1, 0.15) is 5.75 Å². The molecular weight excluding hydrogens is 332 g/mol. The molecule has 1 unspecified atom stereocenters. The lowest BCUT2D eigenvalue weighted by Crippen LogP contribution is -2.56. The number of carbonyl (C=O) groups is 2. The predicted molar refractivity (Wildman–Crippen MR) is 98.2 cm³/mol. The highest BCUT2D eigenvalue weighted by molar-refractivity contribution is 5.81. The summed E-state index contributed by atoms with van der Waals surface area (Å²) in [7, 11) is 0. The van der Waals surface area contributed by atoms with Crippen LogP contribution in [0.3, 0.4) is 0 Å². The number of benzene rings is 1. The molecule has 1 atom stereocenters. The summed E-state index contributed by atoms with van der Waals surface area (Å²) >= 11 is 0. The van der Waals surface area contributed by atoms with Gasteiger partial charge < -0.3 is 15.2 Å². The third-order valence-electron chi connectivity index (χ3n) is 5.18. The lowest BCUT2D eigenvalue weighted by Gasteiger charge is -2.43. The maximum absolute atomic E-state index is 12.3. The van der Waals surface area contributed by atoms with Gasteiger partial charge in [0.2, 0.25) is 0 Å². The number of carboxylic acids is 1. The zero-order valence-corrected chi connectivity index (χ0v) is 15.5. The fourth-order valence-electron chi connectivity index (χ4n) is 3.42. The molecule has 1 aromatic rings. The maximum atomic E-state index is 12.3. The molecule has 3 rings (SSSR count). The van der Waals surface area contributed by atoms with E-state index in [0.29, 0.717) is 11.7 Å². The summed E-state index contributed by atoms with van der Waals surface area (Å²) < 4.78 is 5.71. The van der Waals surface area contributed by atoms with Crippen molar-refractivity contribution in [3.63, 3.8) is 0 Å². The number of carbonyl (C=O) groups excluding carboxylic acids is 1. The summed E-state index contributed by atoms with van der Waals surface area (Å²) in [4.78, 5) is 25.5. The largest absolute Gasteiger partial charge is 0.481 e. The van der Waals surface area contributed by atoms with Crippen LogP contribution >= 0.6 is 0 Å². The number of hydrogen-bond acceptors (Lipinski definition) is 4. The van der Waals surface area contributed by atoms with E-state index in [1.807, 2.05) is 31.2 Å². The van der Waals surface area contributed by atoms with Crippen molar-refractivity contribution in [3.05, 3.63) is 29.8 Å². The molecule has 0 bridgehead atoms. The average Bonchev–Trinajstić information content (AvgIpc) is 3.33. The van der Waals surface area contributed by atoms with Gasteiger partial charge in [-0.3, -0.25) is 14.5 Å². The van der Waals surface area contributed by atoms with Crippen LogP contribution in [-0.4, -0.2) is 53.2 Å². The summed E-state index contributed by atoms with van der Waals surface area (Å²) in [5.41, 5.74) is 1.09. The van der Waals surface area contributed by atoms with Gasteiger partial charge in [0.25, 0.3) is 5.91 Å². The topological polar surface area (TPSA) is 78.9 Å². The third-order valence-corrected chi connectivity index (χ3v) is 5.18. The van der Waals surface area contributed by atoms with E-state index in [2.05, 4.69) is 10.2 Å². The highest BCUT2D eigenvalue weighted by Gasteiger charge is 2.38. The van der Waals surface area contributed by atoms with Gasteiger partial charge in [0.15, 0.2) is 6.10 Å². The summed E-state index contributed by atoms with van der Waals surface area (Å²) in [6.07, 6.45) is 3.47. The zero-order chi connectivity index (χ0) is 18.7. The first-order valence-corrected chi connectivity index (χ1v) is 9.40. The molecule has 0 radical (unpaired) electrons. The Bertz CT molecular complexity index is 653. The van der Waals surface area contributed by atoms with Crippen LogP contribution in [0.2, 0.25) is 0 Å². The molecule has 2 aliphatic carbocycles. The molecule has 0 saturated heterocycles. The fourth-order valence-corrected chi connectivity index (χ4v) is 3.42. The Hall–Kier alpha value is -2.08. The minimum atomic E-state index is -0.779. The van der Waals surface area contributed by atoms with Gasteiger partial charge in [-0.1, -0.05) is 12.1 Å². The smallest absolute Gasteiger partial charge is 0.317 e. The van der Waals surface area contributed by atoms with Crippen molar-refractivity contribution >= 4 is 11.9 Å². The first-order valence-electron chi connectivity index (χ1n) is 9.40. The molecule has 2 saturated carbocycles. The molecule has 0 aromatic heterocycles. The van der Waals surface area contributed by atoms with E-state index in [-0.39, 0.29) is 24.5 Å². The minimum Gasteiger partial charge on any atom is -0.481 e. The molecule has 2 fully saturated rings. The standard InChI is InChI=1S/C20H28N2O4/c1-13-4-3-5-18(8-13)26-14(2)20(25)21-16-9-17(10-16)22(12-19(23)24)11-15-6-7-15/h3-5,8,14-17H,6-7,9-12H2,1-2H3,(H,21,25)(H,23,24). The highest BCUT2D eigenvalue weighted by atomic mass is 16.5. The van der Waals surface area contributed by atoms with Crippen molar-refractivity contribution in [2.24, 2.45) is 5.92 Å². The van der Waals surface area contributed by atoms with E-state index in [1.165, 1.54) is 12.8 Å². The molecule has 0 heterocycles. The number of ether oxygens (including phenoxy) is 1. The SMILES string of the molecule is Cc1cccc(OC(C)C(=O)NC2CC(N(CC(=O)O)CC3CC3)C2)c1. The predicted octanol–water partition coefficient (Wildman–Crippen LogP) is 2.21.